The van der Waals surface area contributed by atoms with Gasteiger partial charge >= 0.3 is 10.1 Å². The van der Waals surface area contributed by atoms with E-state index < -0.39 is 10.1 Å². The highest BCUT2D eigenvalue weighted by atomic mass is 79.9. The fourth-order valence-electron chi connectivity index (χ4n) is 5.83. The van der Waals surface area contributed by atoms with E-state index in [0.29, 0.717) is 28.7 Å². The lowest BCUT2D eigenvalue weighted by Crippen LogP contribution is -2.29. The van der Waals surface area contributed by atoms with Gasteiger partial charge in [-0.15, -0.1) is 0 Å². The van der Waals surface area contributed by atoms with Gasteiger partial charge in [0, 0.05) is 17.8 Å². The van der Waals surface area contributed by atoms with E-state index in [1.165, 1.54) is 34.5 Å². The van der Waals surface area contributed by atoms with E-state index in [0.717, 1.165) is 23.2 Å². The zero-order valence-electron chi connectivity index (χ0n) is 24.3. The molecule has 4 aromatic rings. The number of fused-ring (bicyclic) bond motifs is 3. The molecule has 0 unspecified atom stereocenters. The summed E-state index contributed by atoms with van der Waals surface area (Å²) in [4.78, 5) is 4.76. The smallest absolute Gasteiger partial charge is 0.339 e. The van der Waals surface area contributed by atoms with E-state index in [4.69, 9.17) is 8.92 Å². The Bertz CT molecular complexity index is 1820. The summed E-state index contributed by atoms with van der Waals surface area (Å²) in [5.41, 5.74) is 7.63. The van der Waals surface area contributed by atoms with E-state index in [1.807, 2.05) is 26.0 Å². The molecule has 3 atom stereocenters. The van der Waals surface area contributed by atoms with Crippen LogP contribution in [0.4, 0.5) is 11.4 Å². The number of anilines is 1. The highest BCUT2D eigenvalue weighted by Crippen LogP contribution is 2.50. The molecule has 220 valence electrons. The maximum Gasteiger partial charge on any atom is 0.339 e. The first-order valence-corrected chi connectivity index (χ1v) is 16.6. The van der Waals surface area contributed by atoms with Crippen LogP contribution in [0.3, 0.4) is 0 Å². The number of hydrogen-bond acceptors (Lipinski definition) is 6. The standard InChI is InChI=1S/C35H33BrN2O4S/c1-4-41-33-20-24(19-31(36)35(33)42-43(39,40)27-15-8-22(2)9-16-27)21-37-26-13-11-25(12-14-26)34-29-7-5-6-28(29)30-18-23(3)10-17-32(30)38-34/h5-6,8-21,28-29,34,38H,4,7H2,1-3H3/t28-,29-,34-/m0/s1. The van der Waals surface area contributed by atoms with Crippen LogP contribution in [0.5, 0.6) is 11.5 Å². The summed E-state index contributed by atoms with van der Waals surface area (Å²) in [6.07, 6.45) is 7.45. The minimum absolute atomic E-state index is 0.0731. The van der Waals surface area contributed by atoms with Gasteiger partial charge in [0.2, 0.25) is 0 Å². The molecule has 0 bridgehead atoms. The third-order valence-electron chi connectivity index (χ3n) is 7.97. The summed E-state index contributed by atoms with van der Waals surface area (Å²) >= 11 is 3.48. The number of rotatable bonds is 8. The summed E-state index contributed by atoms with van der Waals surface area (Å²) in [6.45, 7) is 6.21. The Morgan fingerprint density at radius 3 is 2.47 bits per heavy atom. The van der Waals surface area contributed by atoms with Crippen molar-refractivity contribution in [1.29, 1.82) is 0 Å². The van der Waals surface area contributed by atoms with Crippen LogP contribution < -0.4 is 14.2 Å². The summed E-state index contributed by atoms with van der Waals surface area (Å²) in [7, 11) is -4.05. The highest BCUT2D eigenvalue weighted by Gasteiger charge is 2.37. The van der Waals surface area contributed by atoms with Gasteiger partial charge < -0.3 is 14.2 Å². The highest BCUT2D eigenvalue weighted by molar-refractivity contribution is 9.10. The molecule has 1 aliphatic carbocycles. The lowest BCUT2D eigenvalue weighted by molar-refractivity contribution is 0.327. The van der Waals surface area contributed by atoms with E-state index in [-0.39, 0.29) is 16.7 Å². The molecule has 1 heterocycles. The number of aryl methyl sites for hydroxylation is 2. The molecule has 1 N–H and O–H groups in total. The van der Waals surface area contributed by atoms with Crippen LogP contribution in [0.1, 0.15) is 53.1 Å². The van der Waals surface area contributed by atoms with Crippen molar-refractivity contribution in [2.75, 3.05) is 11.9 Å². The lowest BCUT2D eigenvalue weighted by Gasteiger charge is -2.37. The molecule has 0 fully saturated rings. The molecule has 0 aromatic heterocycles. The Kier molecular flexibility index (Phi) is 8.16. The van der Waals surface area contributed by atoms with Crippen molar-refractivity contribution in [3.05, 3.63) is 123 Å². The van der Waals surface area contributed by atoms with Gasteiger partial charge in [0.1, 0.15) is 4.90 Å². The summed E-state index contributed by atoms with van der Waals surface area (Å²) in [5, 5.41) is 3.80. The number of halogens is 1. The Balaban J connectivity index is 1.21. The number of aliphatic imine (C=N–C) groups is 1. The monoisotopic (exact) mass is 656 g/mol. The van der Waals surface area contributed by atoms with Gasteiger partial charge in [0.25, 0.3) is 0 Å². The largest absolute Gasteiger partial charge is 0.490 e. The van der Waals surface area contributed by atoms with Crippen molar-refractivity contribution in [1.82, 2.24) is 0 Å². The third-order valence-corrected chi connectivity index (χ3v) is 9.79. The van der Waals surface area contributed by atoms with Gasteiger partial charge in [0.15, 0.2) is 11.5 Å². The van der Waals surface area contributed by atoms with Crippen LogP contribution in [0, 0.1) is 19.8 Å². The number of benzene rings is 4. The van der Waals surface area contributed by atoms with Crippen molar-refractivity contribution in [2.45, 2.75) is 44.0 Å². The second kappa shape index (κ2) is 12.0. The molecule has 0 spiro atoms. The van der Waals surface area contributed by atoms with Gasteiger partial charge in [-0.2, -0.15) is 8.42 Å². The van der Waals surface area contributed by atoms with Crippen molar-refractivity contribution < 1.29 is 17.3 Å². The Morgan fingerprint density at radius 2 is 1.72 bits per heavy atom. The molecule has 4 aromatic carbocycles. The first kappa shape index (κ1) is 29.2. The van der Waals surface area contributed by atoms with Crippen LogP contribution in [-0.2, 0) is 10.1 Å². The van der Waals surface area contributed by atoms with Gasteiger partial charge in [-0.1, -0.05) is 59.7 Å². The molecule has 43 heavy (non-hydrogen) atoms. The van der Waals surface area contributed by atoms with E-state index in [9.17, 15) is 8.42 Å². The van der Waals surface area contributed by atoms with Crippen molar-refractivity contribution in [3.63, 3.8) is 0 Å². The van der Waals surface area contributed by atoms with Crippen molar-refractivity contribution in [3.8, 4) is 11.5 Å². The van der Waals surface area contributed by atoms with Gasteiger partial charge in [-0.3, -0.25) is 4.99 Å². The minimum Gasteiger partial charge on any atom is -0.490 e. The third kappa shape index (κ3) is 6.12. The van der Waals surface area contributed by atoms with Crippen molar-refractivity contribution in [2.24, 2.45) is 10.9 Å². The second-order valence-corrected chi connectivity index (χ2v) is 13.4. The molecule has 6 rings (SSSR count). The molecule has 0 saturated heterocycles. The van der Waals surface area contributed by atoms with Gasteiger partial charge in [-0.05, 0) is 108 Å². The zero-order chi connectivity index (χ0) is 30.1. The SMILES string of the molecule is CCOc1cc(C=Nc2ccc([C@@H]3Nc4ccc(C)cc4[C@H]4C=CC[C@@H]43)cc2)cc(Br)c1OS(=O)(=O)c1ccc(C)cc1. The molecule has 1 aliphatic heterocycles. The average molecular weight is 658 g/mol. The van der Waals surface area contributed by atoms with E-state index in [2.05, 4.69) is 75.6 Å². The summed E-state index contributed by atoms with van der Waals surface area (Å²) in [6, 6.07) is 25.2. The van der Waals surface area contributed by atoms with Gasteiger partial charge in [-0.25, -0.2) is 0 Å². The molecular formula is C35H33BrN2O4S. The fourth-order valence-corrected chi connectivity index (χ4v) is 7.43. The first-order chi connectivity index (χ1) is 20.7. The predicted molar refractivity (Wildman–Crippen MR) is 176 cm³/mol. The Hall–Kier alpha value is -3.88. The van der Waals surface area contributed by atoms with Crippen LogP contribution in [0.15, 0.2) is 105 Å². The Morgan fingerprint density at radius 1 is 0.977 bits per heavy atom. The minimum atomic E-state index is -4.05. The maximum atomic E-state index is 13.0. The first-order valence-electron chi connectivity index (χ1n) is 14.4. The zero-order valence-corrected chi connectivity index (χ0v) is 26.7. The predicted octanol–water partition coefficient (Wildman–Crippen LogP) is 8.81. The molecule has 0 amide bonds. The number of ether oxygens (including phenoxy) is 1. The van der Waals surface area contributed by atoms with E-state index >= 15 is 0 Å². The van der Waals surface area contributed by atoms with Crippen LogP contribution >= 0.6 is 15.9 Å². The molecule has 6 nitrogen and oxygen atoms in total. The fraction of sp³-hybridized carbons (Fsp3) is 0.229. The number of allylic oxidation sites excluding steroid dienone is 2. The quantitative estimate of drug-likeness (QED) is 0.116. The molecule has 0 radical (unpaired) electrons. The topological polar surface area (TPSA) is 77.0 Å². The Labute approximate surface area is 261 Å². The second-order valence-electron chi connectivity index (χ2n) is 11.0. The average Bonchev–Trinajstić information content (AvgIpc) is 3.49. The van der Waals surface area contributed by atoms with Crippen LogP contribution in [-0.4, -0.2) is 21.2 Å². The number of nitrogens with one attached hydrogen (secondary N) is 1. The maximum absolute atomic E-state index is 13.0. The van der Waals surface area contributed by atoms with Crippen LogP contribution in [0.2, 0.25) is 0 Å². The lowest BCUT2D eigenvalue weighted by atomic mass is 9.76. The molecule has 0 saturated carbocycles. The van der Waals surface area contributed by atoms with E-state index in [1.54, 1.807) is 30.5 Å². The molecule has 8 heteroatoms. The number of nitrogens with zero attached hydrogens (tertiary/aromatic N) is 1. The number of hydrogen-bond donors (Lipinski definition) is 1. The molecule has 2 aliphatic rings. The van der Waals surface area contributed by atoms with Gasteiger partial charge in [0.05, 0.1) is 22.8 Å². The summed E-state index contributed by atoms with van der Waals surface area (Å²) < 4.78 is 37.7. The van der Waals surface area contributed by atoms with Crippen LogP contribution in [0.25, 0.3) is 0 Å². The normalized spacial score (nSPS) is 19.1. The summed E-state index contributed by atoms with van der Waals surface area (Å²) in [5.74, 6) is 1.31. The molecular weight excluding hydrogens is 624 g/mol. The van der Waals surface area contributed by atoms with Crippen molar-refractivity contribution >= 4 is 43.6 Å².